The number of hydrogen-bond donors (Lipinski definition) is 3. The van der Waals surface area contributed by atoms with Crippen molar-refractivity contribution >= 4 is 35.8 Å². The van der Waals surface area contributed by atoms with Crippen LogP contribution in [0.1, 0.15) is 38.2 Å². The number of amides is 1. The van der Waals surface area contributed by atoms with Gasteiger partial charge in [0.05, 0.1) is 19.1 Å². The number of carbonyl (C=O) groups excluding carboxylic acids is 1. The number of aromatic hydroxyl groups is 1. The van der Waals surface area contributed by atoms with Gasteiger partial charge in [-0.05, 0) is 25.8 Å². The molecule has 1 aliphatic carbocycles. The molecule has 8 heteroatoms. The predicted molar refractivity (Wildman–Crippen MR) is 122 cm³/mol. The molecule has 0 radical (unpaired) electrons. The van der Waals surface area contributed by atoms with Crippen molar-refractivity contribution in [1.82, 2.24) is 15.5 Å². The molecule has 0 aromatic heterocycles. The third-order valence-electron chi connectivity index (χ3n) is 5.07. The molecule has 1 aliphatic rings. The van der Waals surface area contributed by atoms with Crippen LogP contribution in [0.3, 0.4) is 0 Å². The Labute approximate surface area is 185 Å². The maximum atomic E-state index is 12.7. The van der Waals surface area contributed by atoms with E-state index in [0.29, 0.717) is 36.9 Å². The first kappa shape index (κ1) is 24.3. The lowest BCUT2D eigenvalue weighted by atomic mass is 9.84. The number of halogens is 1. The number of benzene rings is 1. The zero-order valence-electron chi connectivity index (χ0n) is 17.2. The van der Waals surface area contributed by atoms with Gasteiger partial charge in [-0.15, -0.1) is 24.0 Å². The lowest BCUT2D eigenvalue weighted by Gasteiger charge is -2.31. The van der Waals surface area contributed by atoms with Gasteiger partial charge in [0, 0.05) is 32.7 Å². The van der Waals surface area contributed by atoms with Crippen LogP contribution < -0.4 is 15.4 Å². The highest BCUT2D eigenvalue weighted by atomic mass is 127. The molecule has 7 nitrogen and oxygen atoms in total. The van der Waals surface area contributed by atoms with Crippen LogP contribution in [0.5, 0.6) is 11.5 Å². The molecule has 0 atom stereocenters. The molecule has 1 amide bonds. The Kier molecular flexibility index (Phi) is 9.84. The number of carbonyl (C=O) groups is 1. The number of nitrogens with zero attached hydrogens (tertiary/aromatic N) is 2. The third kappa shape index (κ3) is 5.89. The van der Waals surface area contributed by atoms with E-state index in [1.54, 1.807) is 11.0 Å². The van der Waals surface area contributed by atoms with Crippen LogP contribution in [0, 0.1) is 5.41 Å². The van der Waals surface area contributed by atoms with E-state index < -0.39 is 0 Å². The number of rotatable bonds is 7. The third-order valence-corrected chi connectivity index (χ3v) is 5.07. The number of guanidine groups is 1. The normalized spacial score (nSPS) is 15.5. The summed E-state index contributed by atoms with van der Waals surface area (Å²) >= 11 is 0. The van der Waals surface area contributed by atoms with Crippen molar-refractivity contribution in [1.29, 1.82) is 0 Å². The van der Waals surface area contributed by atoms with Crippen molar-refractivity contribution < 1.29 is 14.6 Å². The maximum Gasteiger partial charge on any atom is 0.230 e. The Morgan fingerprint density at radius 3 is 2.54 bits per heavy atom. The van der Waals surface area contributed by atoms with Gasteiger partial charge in [-0.1, -0.05) is 25.0 Å². The highest BCUT2D eigenvalue weighted by Crippen LogP contribution is 2.39. The van der Waals surface area contributed by atoms with Gasteiger partial charge >= 0.3 is 0 Å². The smallest absolute Gasteiger partial charge is 0.230 e. The van der Waals surface area contributed by atoms with E-state index in [1.165, 1.54) is 7.11 Å². The summed E-state index contributed by atoms with van der Waals surface area (Å²) in [5.41, 5.74) is 0.323. The molecule has 1 fully saturated rings. The van der Waals surface area contributed by atoms with Gasteiger partial charge in [0.2, 0.25) is 5.91 Å². The highest BCUT2D eigenvalue weighted by molar-refractivity contribution is 14.0. The number of ether oxygens (including phenoxy) is 1. The minimum absolute atomic E-state index is 0. The molecule has 1 aromatic rings. The van der Waals surface area contributed by atoms with Crippen LogP contribution in [0.25, 0.3) is 0 Å². The fraction of sp³-hybridized carbons (Fsp3) is 0.600. The zero-order valence-corrected chi connectivity index (χ0v) is 19.6. The fourth-order valence-electron chi connectivity index (χ4n) is 3.61. The Bertz CT molecular complexity index is 673. The van der Waals surface area contributed by atoms with E-state index >= 15 is 0 Å². The van der Waals surface area contributed by atoms with Gasteiger partial charge in [0.15, 0.2) is 17.5 Å². The summed E-state index contributed by atoms with van der Waals surface area (Å²) in [5, 5.41) is 16.8. The van der Waals surface area contributed by atoms with E-state index in [2.05, 4.69) is 15.6 Å². The minimum Gasteiger partial charge on any atom is -0.504 e. The molecular formula is C20H33IN4O3. The summed E-state index contributed by atoms with van der Waals surface area (Å²) in [7, 11) is 5.15. The second-order valence-electron chi connectivity index (χ2n) is 7.20. The SMILES string of the molecule is CCNC(=NCc1cccc(OC)c1O)NCC1(C(=O)N(C)C)CCCC1.I. The standard InChI is InChI=1S/C20H32N4O3.HI/c1-5-21-19(22-13-15-9-8-10-16(27-4)17(15)25)23-14-20(11-6-7-12-20)18(26)24(2)3;/h8-10,25H,5-7,11-14H2,1-4H3,(H2,21,22,23);1H. The molecule has 0 heterocycles. The van der Waals surface area contributed by atoms with Crippen molar-refractivity contribution in [3.8, 4) is 11.5 Å². The van der Waals surface area contributed by atoms with Gasteiger partial charge in [-0.2, -0.15) is 0 Å². The topological polar surface area (TPSA) is 86.2 Å². The molecule has 1 saturated carbocycles. The molecule has 0 saturated heterocycles. The Hall–Kier alpha value is -1.71. The van der Waals surface area contributed by atoms with E-state index in [9.17, 15) is 9.90 Å². The van der Waals surface area contributed by atoms with Crippen LogP contribution in [0.15, 0.2) is 23.2 Å². The van der Waals surface area contributed by atoms with Crippen molar-refractivity contribution in [3.63, 3.8) is 0 Å². The molecule has 0 unspecified atom stereocenters. The molecule has 0 spiro atoms. The fourth-order valence-corrected chi connectivity index (χ4v) is 3.61. The van der Waals surface area contributed by atoms with Crippen molar-refractivity contribution in [2.24, 2.45) is 10.4 Å². The first-order chi connectivity index (χ1) is 12.9. The molecule has 1 aromatic carbocycles. The number of para-hydroxylation sites is 1. The molecule has 158 valence electrons. The largest absolute Gasteiger partial charge is 0.504 e. The van der Waals surface area contributed by atoms with Gasteiger partial charge in [0.1, 0.15) is 0 Å². The average Bonchev–Trinajstić information content (AvgIpc) is 3.14. The highest BCUT2D eigenvalue weighted by Gasteiger charge is 2.42. The Morgan fingerprint density at radius 1 is 1.29 bits per heavy atom. The Morgan fingerprint density at radius 2 is 1.96 bits per heavy atom. The molecule has 2 rings (SSSR count). The summed E-state index contributed by atoms with van der Waals surface area (Å²) in [4.78, 5) is 19.0. The van der Waals surface area contributed by atoms with Crippen molar-refractivity contribution in [2.45, 2.75) is 39.2 Å². The molecule has 0 aliphatic heterocycles. The van der Waals surface area contributed by atoms with E-state index in [0.717, 1.165) is 25.7 Å². The maximum absolute atomic E-state index is 12.7. The Balaban J connectivity index is 0.00000392. The van der Waals surface area contributed by atoms with Crippen LogP contribution in [0.4, 0.5) is 0 Å². The van der Waals surface area contributed by atoms with Crippen LogP contribution >= 0.6 is 24.0 Å². The number of phenolic OH excluding ortho intramolecular Hbond substituents is 1. The predicted octanol–water partition coefficient (Wildman–Crippen LogP) is 2.72. The van der Waals surface area contributed by atoms with Crippen molar-refractivity contribution in [3.05, 3.63) is 23.8 Å². The van der Waals surface area contributed by atoms with Crippen LogP contribution in [0.2, 0.25) is 0 Å². The molecule has 0 bridgehead atoms. The van der Waals surface area contributed by atoms with Gasteiger partial charge in [-0.3, -0.25) is 4.79 Å². The number of methoxy groups -OCH3 is 1. The lowest BCUT2D eigenvalue weighted by molar-refractivity contribution is -0.138. The second-order valence-corrected chi connectivity index (χ2v) is 7.20. The van der Waals surface area contributed by atoms with Gasteiger partial charge < -0.3 is 25.4 Å². The second kappa shape index (κ2) is 11.3. The van der Waals surface area contributed by atoms with Crippen LogP contribution in [-0.4, -0.2) is 56.2 Å². The van der Waals surface area contributed by atoms with E-state index in [1.807, 2.05) is 33.2 Å². The monoisotopic (exact) mass is 504 g/mol. The van der Waals surface area contributed by atoms with Gasteiger partial charge in [-0.25, -0.2) is 4.99 Å². The summed E-state index contributed by atoms with van der Waals surface area (Å²) in [6, 6.07) is 5.36. The lowest BCUT2D eigenvalue weighted by Crippen LogP contribution is -2.49. The molecular weight excluding hydrogens is 471 g/mol. The molecule has 28 heavy (non-hydrogen) atoms. The van der Waals surface area contributed by atoms with Gasteiger partial charge in [0.25, 0.3) is 0 Å². The van der Waals surface area contributed by atoms with E-state index in [-0.39, 0.29) is 41.0 Å². The first-order valence-corrected chi connectivity index (χ1v) is 9.52. The first-order valence-electron chi connectivity index (χ1n) is 9.52. The quantitative estimate of drug-likeness (QED) is 0.302. The van der Waals surface area contributed by atoms with Crippen molar-refractivity contribution in [2.75, 3.05) is 34.3 Å². The summed E-state index contributed by atoms with van der Waals surface area (Å²) in [5.74, 6) is 1.35. The van der Waals surface area contributed by atoms with Crippen LogP contribution in [-0.2, 0) is 11.3 Å². The summed E-state index contributed by atoms with van der Waals surface area (Å²) in [6.07, 6.45) is 3.94. The van der Waals surface area contributed by atoms with E-state index in [4.69, 9.17) is 4.74 Å². The zero-order chi connectivity index (χ0) is 19.9. The number of hydrogen-bond acceptors (Lipinski definition) is 4. The number of nitrogens with one attached hydrogen (secondary N) is 2. The summed E-state index contributed by atoms with van der Waals surface area (Å²) in [6.45, 7) is 3.58. The minimum atomic E-state index is -0.363. The number of phenols is 1. The average molecular weight is 504 g/mol. The molecule has 3 N–H and O–H groups in total. The number of aliphatic imine (C=N–C) groups is 1. The summed E-state index contributed by atoms with van der Waals surface area (Å²) < 4.78 is 5.15.